The van der Waals surface area contributed by atoms with Crippen LogP contribution in [0.3, 0.4) is 0 Å². The van der Waals surface area contributed by atoms with Crippen LogP contribution in [0.4, 0.5) is 0 Å². The summed E-state index contributed by atoms with van der Waals surface area (Å²) in [6.07, 6.45) is 6.24. The monoisotopic (exact) mass is 287 g/mol. The van der Waals surface area contributed by atoms with E-state index in [-0.39, 0.29) is 0 Å². The van der Waals surface area contributed by atoms with Crippen molar-refractivity contribution in [3.63, 3.8) is 0 Å². The standard InChI is InChI=1S/C15H23Cl2N/c1-3-5-7-15(6-4-2)18-11-12-8-13(16)10-14(17)9-12/h8-10,15,18H,3-7,11H2,1-2H3. The Hall–Kier alpha value is -0.240. The predicted molar refractivity (Wildman–Crippen MR) is 81.5 cm³/mol. The second-order valence-corrected chi connectivity index (χ2v) is 5.66. The fraction of sp³-hybridized carbons (Fsp3) is 0.600. The molecule has 0 amide bonds. The van der Waals surface area contributed by atoms with Crippen LogP contribution in [0, 0.1) is 0 Å². The van der Waals surface area contributed by atoms with Gasteiger partial charge in [-0.25, -0.2) is 0 Å². The van der Waals surface area contributed by atoms with E-state index in [1.807, 2.05) is 12.1 Å². The molecule has 1 N–H and O–H groups in total. The average molecular weight is 288 g/mol. The molecule has 0 bridgehead atoms. The van der Waals surface area contributed by atoms with Gasteiger partial charge in [0.25, 0.3) is 0 Å². The molecule has 0 aliphatic heterocycles. The van der Waals surface area contributed by atoms with Crippen LogP contribution in [0.2, 0.25) is 10.0 Å². The Labute approximate surface area is 121 Å². The molecule has 0 fully saturated rings. The third kappa shape index (κ3) is 6.08. The highest BCUT2D eigenvalue weighted by atomic mass is 35.5. The highest BCUT2D eigenvalue weighted by Crippen LogP contribution is 2.19. The van der Waals surface area contributed by atoms with E-state index >= 15 is 0 Å². The highest BCUT2D eigenvalue weighted by molar-refractivity contribution is 6.34. The van der Waals surface area contributed by atoms with Gasteiger partial charge in [0.2, 0.25) is 0 Å². The van der Waals surface area contributed by atoms with Crippen LogP contribution in [0.25, 0.3) is 0 Å². The zero-order valence-electron chi connectivity index (χ0n) is 11.3. The summed E-state index contributed by atoms with van der Waals surface area (Å²) >= 11 is 12.0. The Kier molecular flexibility index (Phi) is 7.73. The SMILES string of the molecule is CCCCC(CCC)NCc1cc(Cl)cc(Cl)c1. The van der Waals surface area contributed by atoms with Crippen molar-refractivity contribution in [2.45, 2.75) is 58.5 Å². The number of nitrogens with one attached hydrogen (secondary N) is 1. The van der Waals surface area contributed by atoms with Gasteiger partial charge in [-0.15, -0.1) is 0 Å². The van der Waals surface area contributed by atoms with Gasteiger partial charge in [0.15, 0.2) is 0 Å². The van der Waals surface area contributed by atoms with Gasteiger partial charge in [-0.1, -0.05) is 56.3 Å². The molecule has 18 heavy (non-hydrogen) atoms. The van der Waals surface area contributed by atoms with Gasteiger partial charge in [0, 0.05) is 22.6 Å². The van der Waals surface area contributed by atoms with E-state index in [1.54, 1.807) is 6.07 Å². The maximum atomic E-state index is 6.00. The van der Waals surface area contributed by atoms with Gasteiger partial charge < -0.3 is 5.32 Å². The van der Waals surface area contributed by atoms with Crippen molar-refractivity contribution in [3.05, 3.63) is 33.8 Å². The highest BCUT2D eigenvalue weighted by Gasteiger charge is 2.07. The second-order valence-electron chi connectivity index (χ2n) is 4.79. The molecule has 1 aromatic rings. The zero-order chi connectivity index (χ0) is 13.4. The van der Waals surface area contributed by atoms with Crippen molar-refractivity contribution in [1.29, 1.82) is 0 Å². The lowest BCUT2D eigenvalue weighted by Crippen LogP contribution is -2.28. The average Bonchev–Trinajstić information content (AvgIpc) is 2.31. The van der Waals surface area contributed by atoms with E-state index < -0.39 is 0 Å². The Balaban J connectivity index is 2.49. The molecule has 1 aromatic carbocycles. The third-order valence-electron chi connectivity index (χ3n) is 3.06. The first kappa shape index (κ1) is 15.8. The van der Waals surface area contributed by atoms with Crippen LogP contribution in [-0.2, 0) is 6.54 Å². The Morgan fingerprint density at radius 3 is 2.22 bits per heavy atom. The third-order valence-corrected chi connectivity index (χ3v) is 3.50. The number of rotatable bonds is 8. The molecule has 1 atom stereocenters. The van der Waals surface area contributed by atoms with Crippen LogP contribution in [0.1, 0.15) is 51.5 Å². The van der Waals surface area contributed by atoms with Crippen LogP contribution >= 0.6 is 23.2 Å². The lowest BCUT2D eigenvalue weighted by molar-refractivity contribution is 0.434. The molecule has 1 rings (SSSR count). The molecule has 0 saturated carbocycles. The van der Waals surface area contributed by atoms with E-state index in [0.717, 1.165) is 12.1 Å². The molecule has 0 aliphatic carbocycles. The van der Waals surface area contributed by atoms with E-state index in [1.165, 1.54) is 32.1 Å². The van der Waals surface area contributed by atoms with Crippen LogP contribution < -0.4 is 5.32 Å². The number of hydrogen-bond acceptors (Lipinski definition) is 1. The number of halogens is 2. The molecule has 1 unspecified atom stereocenters. The van der Waals surface area contributed by atoms with Crippen molar-refractivity contribution in [2.75, 3.05) is 0 Å². The van der Waals surface area contributed by atoms with Gasteiger partial charge in [-0.3, -0.25) is 0 Å². The van der Waals surface area contributed by atoms with Crippen molar-refractivity contribution >= 4 is 23.2 Å². The minimum Gasteiger partial charge on any atom is -0.310 e. The number of hydrogen-bond donors (Lipinski definition) is 1. The van der Waals surface area contributed by atoms with Gasteiger partial charge in [-0.2, -0.15) is 0 Å². The minimum absolute atomic E-state index is 0.604. The largest absolute Gasteiger partial charge is 0.310 e. The van der Waals surface area contributed by atoms with E-state index in [9.17, 15) is 0 Å². The van der Waals surface area contributed by atoms with Crippen molar-refractivity contribution in [1.82, 2.24) is 5.32 Å². The Morgan fingerprint density at radius 1 is 1.00 bits per heavy atom. The summed E-state index contributed by atoms with van der Waals surface area (Å²) in [4.78, 5) is 0. The summed E-state index contributed by atoms with van der Waals surface area (Å²) in [5, 5.41) is 5.03. The van der Waals surface area contributed by atoms with Gasteiger partial charge in [-0.05, 0) is 36.6 Å². The molecule has 0 radical (unpaired) electrons. The fourth-order valence-corrected chi connectivity index (χ4v) is 2.69. The minimum atomic E-state index is 0.604. The van der Waals surface area contributed by atoms with E-state index in [2.05, 4.69) is 19.2 Å². The Morgan fingerprint density at radius 2 is 1.67 bits per heavy atom. The fourth-order valence-electron chi connectivity index (χ4n) is 2.12. The molecular weight excluding hydrogens is 265 g/mol. The quantitative estimate of drug-likeness (QED) is 0.671. The molecule has 3 heteroatoms. The van der Waals surface area contributed by atoms with Gasteiger partial charge >= 0.3 is 0 Å². The molecule has 0 aliphatic rings. The van der Waals surface area contributed by atoms with Gasteiger partial charge in [0.05, 0.1) is 0 Å². The first-order valence-electron chi connectivity index (χ1n) is 6.84. The number of benzene rings is 1. The summed E-state index contributed by atoms with van der Waals surface area (Å²) in [6.45, 7) is 5.31. The molecule has 102 valence electrons. The van der Waals surface area contributed by atoms with Gasteiger partial charge in [0.1, 0.15) is 0 Å². The predicted octanol–water partition coefficient (Wildman–Crippen LogP) is 5.44. The van der Waals surface area contributed by atoms with Crippen molar-refractivity contribution in [2.24, 2.45) is 0 Å². The van der Waals surface area contributed by atoms with Crippen molar-refractivity contribution < 1.29 is 0 Å². The van der Waals surface area contributed by atoms with Crippen LogP contribution in [-0.4, -0.2) is 6.04 Å². The zero-order valence-corrected chi connectivity index (χ0v) is 12.8. The lowest BCUT2D eigenvalue weighted by atomic mass is 10.0. The van der Waals surface area contributed by atoms with Crippen LogP contribution in [0.15, 0.2) is 18.2 Å². The first-order chi connectivity index (χ1) is 8.65. The second kappa shape index (κ2) is 8.79. The summed E-state index contributed by atoms with van der Waals surface area (Å²) in [5.74, 6) is 0. The molecule has 0 spiro atoms. The molecular formula is C15H23Cl2N. The van der Waals surface area contributed by atoms with E-state index in [4.69, 9.17) is 23.2 Å². The molecule has 0 aromatic heterocycles. The summed E-state index contributed by atoms with van der Waals surface area (Å²) in [7, 11) is 0. The molecule has 1 nitrogen and oxygen atoms in total. The molecule has 0 heterocycles. The molecule has 0 saturated heterocycles. The first-order valence-corrected chi connectivity index (χ1v) is 7.59. The van der Waals surface area contributed by atoms with E-state index in [0.29, 0.717) is 16.1 Å². The lowest BCUT2D eigenvalue weighted by Gasteiger charge is -2.18. The summed E-state index contributed by atoms with van der Waals surface area (Å²) in [5.41, 5.74) is 1.16. The normalized spacial score (nSPS) is 12.7. The number of unbranched alkanes of at least 4 members (excludes halogenated alkanes) is 1. The summed E-state index contributed by atoms with van der Waals surface area (Å²) in [6, 6.07) is 6.33. The Bertz CT molecular complexity index is 332. The summed E-state index contributed by atoms with van der Waals surface area (Å²) < 4.78 is 0. The topological polar surface area (TPSA) is 12.0 Å². The van der Waals surface area contributed by atoms with Crippen molar-refractivity contribution in [3.8, 4) is 0 Å². The smallest absolute Gasteiger partial charge is 0.0424 e. The maximum absolute atomic E-state index is 6.00. The van der Waals surface area contributed by atoms with Crippen LogP contribution in [0.5, 0.6) is 0 Å². The maximum Gasteiger partial charge on any atom is 0.0424 e.